The second kappa shape index (κ2) is 7.32. The van der Waals surface area contributed by atoms with E-state index in [-0.39, 0.29) is 0 Å². The van der Waals surface area contributed by atoms with Crippen LogP contribution in [0.3, 0.4) is 0 Å². The Morgan fingerprint density at radius 1 is 1.32 bits per heavy atom. The standard InChI is InChI=1S/C16H25NOS/c1-4-17-13(3)14-6-9-16(10-7-14)19-11-15-8-5-12(2)18-15/h6-7,9-10,12-13,15,17H,4-5,8,11H2,1-3H3. The van der Waals surface area contributed by atoms with Crippen molar-refractivity contribution in [1.29, 1.82) is 0 Å². The lowest BCUT2D eigenvalue weighted by Crippen LogP contribution is -2.17. The largest absolute Gasteiger partial charge is 0.374 e. The van der Waals surface area contributed by atoms with Crippen LogP contribution in [0.5, 0.6) is 0 Å². The van der Waals surface area contributed by atoms with Gasteiger partial charge in [-0.3, -0.25) is 0 Å². The van der Waals surface area contributed by atoms with Crippen molar-refractivity contribution in [2.45, 2.75) is 56.8 Å². The van der Waals surface area contributed by atoms with Crippen LogP contribution in [-0.2, 0) is 4.74 Å². The first-order valence-electron chi connectivity index (χ1n) is 7.30. The van der Waals surface area contributed by atoms with Crippen molar-refractivity contribution in [3.05, 3.63) is 29.8 Å². The fraction of sp³-hybridized carbons (Fsp3) is 0.625. The van der Waals surface area contributed by atoms with Gasteiger partial charge in [0, 0.05) is 16.7 Å². The fourth-order valence-electron chi connectivity index (χ4n) is 2.47. The zero-order valence-electron chi connectivity index (χ0n) is 12.2. The van der Waals surface area contributed by atoms with Crippen molar-refractivity contribution in [3.63, 3.8) is 0 Å². The van der Waals surface area contributed by atoms with Crippen LogP contribution in [0.15, 0.2) is 29.2 Å². The molecular weight excluding hydrogens is 254 g/mol. The molecule has 3 heteroatoms. The fourth-order valence-corrected chi connectivity index (χ4v) is 3.43. The molecule has 1 fully saturated rings. The van der Waals surface area contributed by atoms with Gasteiger partial charge in [-0.2, -0.15) is 0 Å². The molecule has 0 aromatic heterocycles. The predicted octanol–water partition coefficient (Wildman–Crippen LogP) is 4.02. The topological polar surface area (TPSA) is 21.3 Å². The Balaban J connectivity index is 1.81. The number of thioether (sulfide) groups is 1. The minimum absolute atomic E-state index is 0.433. The molecule has 0 amide bonds. The Morgan fingerprint density at radius 3 is 2.63 bits per heavy atom. The Bertz CT molecular complexity index is 379. The lowest BCUT2D eigenvalue weighted by Gasteiger charge is -2.14. The maximum absolute atomic E-state index is 5.85. The van der Waals surface area contributed by atoms with Gasteiger partial charge >= 0.3 is 0 Å². The number of benzene rings is 1. The Labute approximate surface area is 121 Å². The van der Waals surface area contributed by atoms with Gasteiger partial charge in [0.2, 0.25) is 0 Å². The number of rotatable bonds is 6. The lowest BCUT2D eigenvalue weighted by atomic mass is 10.1. The SMILES string of the molecule is CCNC(C)c1ccc(SCC2CCC(C)O2)cc1. The van der Waals surface area contributed by atoms with Gasteiger partial charge in [-0.15, -0.1) is 11.8 Å². The summed E-state index contributed by atoms with van der Waals surface area (Å²) in [6.07, 6.45) is 3.32. The Morgan fingerprint density at radius 2 is 2.05 bits per heavy atom. The molecule has 3 unspecified atom stereocenters. The maximum atomic E-state index is 5.85. The molecule has 106 valence electrons. The smallest absolute Gasteiger partial charge is 0.0673 e. The molecule has 1 aromatic carbocycles. The van der Waals surface area contributed by atoms with E-state index in [4.69, 9.17) is 4.74 Å². The van der Waals surface area contributed by atoms with Crippen LogP contribution in [0.2, 0.25) is 0 Å². The van der Waals surface area contributed by atoms with Crippen molar-refractivity contribution in [2.24, 2.45) is 0 Å². The van der Waals surface area contributed by atoms with Gasteiger partial charge in [-0.05, 0) is 50.9 Å². The summed E-state index contributed by atoms with van der Waals surface area (Å²) in [4.78, 5) is 1.34. The maximum Gasteiger partial charge on any atom is 0.0673 e. The van der Waals surface area contributed by atoms with Crippen molar-refractivity contribution in [1.82, 2.24) is 5.32 Å². The minimum atomic E-state index is 0.433. The van der Waals surface area contributed by atoms with E-state index in [1.165, 1.54) is 23.3 Å². The van der Waals surface area contributed by atoms with Crippen LogP contribution in [0.1, 0.15) is 45.2 Å². The van der Waals surface area contributed by atoms with E-state index < -0.39 is 0 Å². The average Bonchev–Trinajstić information content (AvgIpc) is 2.83. The molecule has 0 aliphatic carbocycles. The molecule has 0 saturated carbocycles. The molecule has 2 rings (SSSR count). The van der Waals surface area contributed by atoms with Crippen LogP contribution in [0.25, 0.3) is 0 Å². The van der Waals surface area contributed by atoms with E-state index in [2.05, 4.69) is 50.4 Å². The third kappa shape index (κ3) is 4.51. The van der Waals surface area contributed by atoms with E-state index in [0.29, 0.717) is 18.2 Å². The molecular formula is C16H25NOS. The molecule has 1 heterocycles. The van der Waals surface area contributed by atoms with E-state index in [0.717, 1.165) is 12.3 Å². The molecule has 0 bridgehead atoms. The second-order valence-electron chi connectivity index (χ2n) is 5.31. The van der Waals surface area contributed by atoms with Crippen molar-refractivity contribution < 1.29 is 4.74 Å². The third-order valence-corrected chi connectivity index (χ3v) is 4.79. The quantitative estimate of drug-likeness (QED) is 0.795. The summed E-state index contributed by atoms with van der Waals surface area (Å²) in [5.74, 6) is 1.08. The Kier molecular flexibility index (Phi) is 5.74. The summed E-state index contributed by atoms with van der Waals surface area (Å²) in [6.45, 7) is 7.53. The number of hydrogen-bond donors (Lipinski definition) is 1. The summed E-state index contributed by atoms with van der Waals surface area (Å²) in [5.41, 5.74) is 1.36. The van der Waals surface area contributed by atoms with Gasteiger partial charge in [0.25, 0.3) is 0 Å². The van der Waals surface area contributed by atoms with Crippen LogP contribution >= 0.6 is 11.8 Å². The van der Waals surface area contributed by atoms with Crippen LogP contribution < -0.4 is 5.32 Å². The summed E-state index contributed by atoms with van der Waals surface area (Å²) < 4.78 is 5.85. The molecule has 2 nitrogen and oxygen atoms in total. The van der Waals surface area contributed by atoms with E-state index >= 15 is 0 Å². The van der Waals surface area contributed by atoms with Gasteiger partial charge in [-0.1, -0.05) is 19.1 Å². The highest BCUT2D eigenvalue weighted by Crippen LogP contribution is 2.27. The molecule has 0 radical (unpaired) electrons. The Hall–Kier alpha value is -0.510. The van der Waals surface area contributed by atoms with Crippen LogP contribution in [0, 0.1) is 0 Å². The summed E-state index contributed by atoms with van der Waals surface area (Å²) in [7, 11) is 0. The number of hydrogen-bond acceptors (Lipinski definition) is 3. The monoisotopic (exact) mass is 279 g/mol. The first kappa shape index (κ1) is 14.9. The van der Waals surface area contributed by atoms with Gasteiger partial charge in [0.15, 0.2) is 0 Å². The molecule has 1 saturated heterocycles. The van der Waals surface area contributed by atoms with E-state index in [1.807, 2.05) is 11.8 Å². The predicted molar refractivity (Wildman–Crippen MR) is 82.8 cm³/mol. The summed E-state index contributed by atoms with van der Waals surface area (Å²) in [5, 5.41) is 3.44. The van der Waals surface area contributed by atoms with E-state index in [1.54, 1.807) is 0 Å². The zero-order valence-corrected chi connectivity index (χ0v) is 13.0. The van der Waals surface area contributed by atoms with Gasteiger partial charge in [0.05, 0.1) is 12.2 Å². The van der Waals surface area contributed by atoms with Gasteiger partial charge < -0.3 is 10.1 Å². The van der Waals surface area contributed by atoms with Crippen molar-refractivity contribution in [2.75, 3.05) is 12.3 Å². The van der Waals surface area contributed by atoms with E-state index in [9.17, 15) is 0 Å². The molecule has 1 aromatic rings. The van der Waals surface area contributed by atoms with Crippen LogP contribution in [0.4, 0.5) is 0 Å². The summed E-state index contributed by atoms with van der Waals surface area (Å²) >= 11 is 1.91. The molecule has 1 aliphatic heterocycles. The first-order valence-corrected chi connectivity index (χ1v) is 8.29. The van der Waals surface area contributed by atoms with Gasteiger partial charge in [-0.25, -0.2) is 0 Å². The average molecular weight is 279 g/mol. The van der Waals surface area contributed by atoms with Crippen molar-refractivity contribution in [3.8, 4) is 0 Å². The highest BCUT2D eigenvalue weighted by atomic mass is 32.2. The number of nitrogens with one attached hydrogen (secondary N) is 1. The van der Waals surface area contributed by atoms with Crippen LogP contribution in [-0.4, -0.2) is 24.5 Å². The molecule has 1 N–H and O–H groups in total. The summed E-state index contributed by atoms with van der Waals surface area (Å²) in [6, 6.07) is 9.35. The molecule has 3 atom stereocenters. The first-order chi connectivity index (χ1) is 9.19. The van der Waals surface area contributed by atoms with Gasteiger partial charge in [0.1, 0.15) is 0 Å². The number of ether oxygens (including phenoxy) is 1. The van der Waals surface area contributed by atoms with Crippen molar-refractivity contribution >= 4 is 11.8 Å². The molecule has 1 aliphatic rings. The lowest BCUT2D eigenvalue weighted by molar-refractivity contribution is 0.0700. The normalized spacial score (nSPS) is 24.6. The zero-order chi connectivity index (χ0) is 13.7. The highest BCUT2D eigenvalue weighted by molar-refractivity contribution is 7.99. The highest BCUT2D eigenvalue weighted by Gasteiger charge is 2.21. The third-order valence-electron chi connectivity index (χ3n) is 3.65. The minimum Gasteiger partial charge on any atom is -0.374 e. The molecule has 0 spiro atoms. The second-order valence-corrected chi connectivity index (χ2v) is 6.40. The molecule has 19 heavy (non-hydrogen) atoms.